The maximum Gasteiger partial charge on any atom is 0.133 e. The Morgan fingerprint density at radius 2 is 2.05 bits per heavy atom. The monoisotopic (exact) mass is 353 g/mol. The molecule has 0 heterocycles. The Bertz CT molecular complexity index is 429. The van der Waals surface area contributed by atoms with Gasteiger partial charge < -0.3 is 10.1 Å². The Labute approximate surface area is 137 Å². The normalized spacial score (nSPS) is 17.7. The van der Waals surface area contributed by atoms with E-state index in [0.29, 0.717) is 6.04 Å². The number of rotatable bonds is 7. The molecular weight excluding hydrogens is 326 g/mol. The highest BCUT2D eigenvalue weighted by molar-refractivity contribution is 9.10. The van der Waals surface area contributed by atoms with Crippen molar-refractivity contribution in [1.82, 2.24) is 5.32 Å². The summed E-state index contributed by atoms with van der Waals surface area (Å²) in [5.41, 5.74) is 1.38. The second kappa shape index (κ2) is 8.79. The minimum absolute atomic E-state index is 0.468. The number of nitrogens with one attached hydrogen (secondary N) is 1. The maximum atomic E-state index is 5.34. The molecule has 1 aliphatic carbocycles. The van der Waals surface area contributed by atoms with Gasteiger partial charge in [-0.25, -0.2) is 0 Å². The summed E-state index contributed by atoms with van der Waals surface area (Å²) in [5.74, 6) is 1.79. The highest BCUT2D eigenvalue weighted by Crippen LogP contribution is 2.34. The molecule has 0 aliphatic heterocycles. The number of hydrogen-bond donors (Lipinski definition) is 1. The van der Waals surface area contributed by atoms with E-state index in [1.807, 2.05) is 0 Å². The lowest BCUT2D eigenvalue weighted by Gasteiger charge is -2.28. The molecule has 1 aromatic rings. The minimum Gasteiger partial charge on any atom is -0.496 e. The maximum absolute atomic E-state index is 5.34. The lowest BCUT2D eigenvalue weighted by Crippen LogP contribution is -2.25. The van der Waals surface area contributed by atoms with Crippen molar-refractivity contribution in [2.45, 2.75) is 57.9 Å². The number of methoxy groups -OCH3 is 1. The van der Waals surface area contributed by atoms with Crippen LogP contribution in [-0.4, -0.2) is 13.7 Å². The zero-order valence-electron chi connectivity index (χ0n) is 13.3. The van der Waals surface area contributed by atoms with Gasteiger partial charge in [0.1, 0.15) is 5.75 Å². The van der Waals surface area contributed by atoms with Crippen LogP contribution in [-0.2, 0) is 0 Å². The second-order valence-electron chi connectivity index (χ2n) is 6.14. The molecule has 0 spiro atoms. The summed E-state index contributed by atoms with van der Waals surface area (Å²) in [6.07, 6.45) is 9.51. The van der Waals surface area contributed by atoms with Gasteiger partial charge in [-0.15, -0.1) is 0 Å². The summed E-state index contributed by atoms with van der Waals surface area (Å²) >= 11 is 3.62. The summed E-state index contributed by atoms with van der Waals surface area (Å²) in [4.78, 5) is 0. The molecule has 0 radical (unpaired) electrons. The number of halogens is 1. The fourth-order valence-corrected chi connectivity index (χ4v) is 3.87. The van der Waals surface area contributed by atoms with Crippen molar-refractivity contribution in [3.8, 4) is 5.75 Å². The quantitative estimate of drug-likeness (QED) is 0.701. The molecule has 0 amide bonds. The molecule has 0 aromatic heterocycles. The van der Waals surface area contributed by atoms with Crippen molar-refractivity contribution in [1.29, 1.82) is 0 Å². The highest BCUT2D eigenvalue weighted by Gasteiger charge is 2.20. The Morgan fingerprint density at radius 1 is 1.29 bits per heavy atom. The molecule has 1 aliphatic rings. The van der Waals surface area contributed by atoms with E-state index in [0.717, 1.165) is 22.7 Å². The van der Waals surface area contributed by atoms with E-state index in [9.17, 15) is 0 Å². The lowest BCUT2D eigenvalue weighted by molar-refractivity contribution is 0.300. The fourth-order valence-electron chi connectivity index (χ4n) is 3.31. The third-order valence-corrected chi connectivity index (χ3v) is 5.13. The van der Waals surface area contributed by atoms with E-state index in [-0.39, 0.29) is 0 Å². The summed E-state index contributed by atoms with van der Waals surface area (Å²) in [5, 5.41) is 3.74. The van der Waals surface area contributed by atoms with E-state index < -0.39 is 0 Å². The van der Waals surface area contributed by atoms with E-state index in [2.05, 4.69) is 46.4 Å². The van der Waals surface area contributed by atoms with Crippen LogP contribution in [0, 0.1) is 5.92 Å². The molecule has 1 N–H and O–H groups in total. The van der Waals surface area contributed by atoms with Crippen LogP contribution in [0.3, 0.4) is 0 Å². The molecule has 3 heteroatoms. The van der Waals surface area contributed by atoms with Crippen molar-refractivity contribution >= 4 is 15.9 Å². The molecule has 0 saturated heterocycles. The average molecular weight is 354 g/mol. The molecule has 2 rings (SSSR count). The molecule has 1 aromatic carbocycles. The van der Waals surface area contributed by atoms with Crippen LogP contribution in [0.2, 0.25) is 0 Å². The van der Waals surface area contributed by atoms with Crippen molar-refractivity contribution in [3.63, 3.8) is 0 Å². The second-order valence-corrected chi connectivity index (χ2v) is 6.99. The Kier molecular flexibility index (Phi) is 7.05. The largest absolute Gasteiger partial charge is 0.496 e. The van der Waals surface area contributed by atoms with Gasteiger partial charge in [0.2, 0.25) is 0 Å². The van der Waals surface area contributed by atoms with Crippen LogP contribution < -0.4 is 10.1 Å². The first kappa shape index (κ1) is 16.8. The van der Waals surface area contributed by atoms with Crippen LogP contribution >= 0.6 is 15.9 Å². The van der Waals surface area contributed by atoms with E-state index in [1.54, 1.807) is 7.11 Å². The van der Waals surface area contributed by atoms with Gasteiger partial charge in [-0.05, 0) is 58.9 Å². The fraction of sp³-hybridized carbons (Fsp3) is 0.667. The average Bonchev–Trinajstić information content (AvgIpc) is 2.52. The smallest absolute Gasteiger partial charge is 0.133 e. The molecule has 21 heavy (non-hydrogen) atoms. The Morgan fingerprint density at radius 3 is 2.67 bits per heavy atom. The third-order valence-electron chi connectivity index (χ3n) is 4.51. The standard InChI is InChI=1S/C18H28BrNO/c1-3-11-20-17(12-14-7-5-4-6-8-14)15-9-10-18(21-2)16(19)13-15/h9-10,13-14,17,20H,3-8,11-12H2,1-2H3. The van der Waals surface area contributed by atoms with Gasteiger partial charge in [0.15, 0.2) is 0 Å². The van der Waals surface area contributed by atoms with Crippen LogP contribution in [0.25, 0.3) is 0 Å². The number of benzene rings is 1. The number of ether oxygens (including phenoxy) is 1. The highest BCUT2D eigenvalue weighted by atomic mass is 79.9. The summed E-state index contributed by atoms with van der Waals surface area (Å²) in [6.45, 7) is 3.32. The Balaban J connectivity index is 2.08. The molecule has 118 valence electrons. The lowest BCUT2D eigenvalue weighted by atomic mass is 9.83. The van der Waals surface area contributed by atoms with Gasteiger partial charge in [0.25, 0.3) is 0 Å². The molecule has 1 fully saturated rings. The van der Waals surface area contributed by atoms with E-state index in [1.165, 1.54) is 50.5 Å². The van der Waals surface area contributed by atoms with E-state index in [4.69, 9.17) is 4.74 Å². The van der Waals surface area contributed by atoms with Crippen molar-refractivity contribution in [2.24, 2.45) is 5.92 Å². The minimum atomic E-state index is 0.468. The third kappa shape index (κ3) is 5.00. The van der Waals surface area contributed by atoms with Crippen molar-refractivity contribution < 1.29 is 4.74 Å². The van der Waals surface area contributed by atoms with Crippen molar-refractivity contribution in [2.75, 3.05) is 13.7 Å². The van der Waals surface area contributed by atoms with Gasteiger partial charge in [0, 0.05) is 6.04 Å². The van der Waals surface area contributed by atoms with Gasteiger partial charge in [-0.2, -0.15) is 0 Å². The summed E-state index contributed by atoms with van der Waals surface area (Å²) < 4.78 is 6.39. The van der Waals surface area contributed by atoms with Gasteiger partial charge >= 0.3 is 0 Å². The van der Waals surface area contributed by atoms with Gasteiger partial charge in [0.05, 0.1) is 11.6 Å². The van der Waals surface area contributed by atoms with Gasteiger partial charge in [-0.1, -0.05) is 45.1 Å². The molecule has 0 bridgehead atoms. The first-order chi connectivity index (χ1) is 10.2. The van der Waals surface area contributed by atoms with Crippen LogP contribution in [0.4, 0.5) is 0 Å². The zero-order chi connectivity index (χ0) is 15.1. The SMILES string of the molecule is CCCNC(CC1CCCCC1)c1ccc(OC)c(Br)c1. The van der Waals surface area contributed by atoms with Crippen LogP contribution in [0.5, 0.6) is 5.75 Å². The molecule has 1 unspecified atom stereocenters. The van der Waals surface area contributed by atoms with Crippen LogP contribution in [0.15, 0.2) is 22.7 Å². The predicted octanol–water partition coefficient (Wildman–Crippen LogP) is 5.47. The van der Waals surface area contributed by atoms with Crippen LogP contribution in [0.1, 0.15) is 63.5 Å². The van der Waals surface area contributed by atoms with E-state index >= 15 is 0 Å². The molecule has 1 saturated carbocycles. The first-order valence-corrected chi connectivity index (χ1v) is 9.10. The Hall–Kier alpha value is -0.540. The molecule has 2 nitrogen and oxygen atoms in total. The zero-order valence-corrected chi connectivity index (χ0v) is 14.9. The first-order valence-electron chi connectivity index (χ1n) is 8.31. The predicted molar refractivity (Wildman–Crippen MR) is 92.9 cm³/mol. The summed E-state index contributed by atoms with van der Waals surface area (Å²) in [6, 6.07) is 6.96. The van der Waals surface area contributed by atoms with Crippen molar-refractivity contribution in [3.05, 3.63) is 28.2 Å². The topological polar surface area (TPSA) is 21.3 Å². The summed E-state index contributed by atoms with van der Waals surface area (Å²) in [7, 11) is 1.72. The molecule has 1 atom stereocenters. The molecular formula is C18H28BrNO. The number of hydrogen-bond acceptors (Lipinski definition) is 2. The van der Waals surface area contributed by atoms with Gasteiger partial charge in [-0.3, -0.25) is 0 Å².